The molecule has 0 N–H and O–H groups in total. The van der Waals surface area contributed by atoms with Crippen molar-refractivity contribution in [1.29, 1.82) is 0 Å². The fourth-order valence-electron chi connectivity index (χ4n) is 3.80. The van der Waals surface area contributed by atoms with Crippen LogP contribution in [-0.2, 0) is 11.2 Å². The SMILES string of the molecule is Cc1cc(C)nc(CC(=S)N2CCC(CN3CCOCC3)CC2)c1. The predicted octanol–water partition coefficient (Wildman–Crippen LogP) is 2.61. The van der Waals surface area contributed by atoms with Crippen molar-refractivity contribution in [3.8, 4) is 0 Å². The highest BCUT2D eigenvalue weighted by Crippen LogP contribution is 2.20. The summed E-state index contributed by atoms with van der Waals surface area (Å²) in [6.45, 7) is 11.6. The summed E-state index contributed by atoms with van der Waals surface area (Å²) >= 11 is 5.70. The molecule has 0 aliphatic carbocycles. The number of aryl methyl sites for hydroxylation is 2. The van der Waals surface area contributed by atoms with Gasteiger partial charge in [0.05, 0.1) is 18.2 Å². The number of morpholine rings is 1. The van der Waals surface area contributed by atoms with Crippen LogP contribution in [0, 0.1) is 19.8 Å². The number of hydrogen-bond donors (Lipinski definition) is 0. The quantitative estimate of drug-likeness (QED) is 0.781. The lowest BCUT2D eigenvalue weighted by Gasteiger charge is -2.37. The van der Waals surface area contributed by atoms with Gasteiger partial charge in [-0.25, -0.2) is 0 Å². The number of aromatic nitrogens is 1. The summed E-state index contributed by atoms with van der Waals surface area (Å²) in [6.07, 6.45) is 3.29. The molecule has 24 heavy (non-hydrogen) atoms. The van der Waals surface area contributed by atoms with E-state index in [9.17, 15) is 0 Å². The van der Waals surface area contributed by atoms with Gasteiger partial charge in [0.15, 0.2) is 0 Å². The number of hydrogen-bond acceptors (Lipinski definition) is 4. The summed E-state index contributed by atoms with van der Waals surface area (Å²) in [7, 11) is 0. The zero-order valence-corrected chi connectivity index (χ0v) is 15.8. The maximum atomic E-state index is 5.70. The Morgan fingerprint density at radius 1 is 1.17 bits per heavy atom. The number of nitrogens with zero attached hydrogens (tertiary/aromatic N) is 3. The maximum Gasteiger partial charge on any atom is 0.0839 e. The summed E-state index contributed by atoms with van der Waals surface area (Å²) in [6, 6.07) is 4.27. The van der Waals surface area contributed by atoms with E-state index in [0.717, 1.165) is 68.1 Å². The van der Waals surface area contributed by atoms with Crippen LogP contribution >= 0.6 is 12.2 Å². The number of rotatable bonds is 4. The molecule has 0 amide bonds. The molecule has 5 heteroatoms. The minimum absolute atomic E-state index is 0.798. The Balaban J connectivity index is 1.46. The standard InChI is InChI=1S/C19H29N3OS/c1-15-11-16(2)20-18(12-15)13-19(24)22-5-3-17(4-6-22)14-21-7-9-23-10-8-21/h11-12,17H,3-10,13-14H2,1-2H3. The van der Waals surface area contributed by atoms with E-state index in [1.165, 1.54) is 24.9 Å². The van der Waals surface area contributed by atoms with Crippen LogP contribution in [0.5, 0.6) is 0 Å². The van der Waals surface area contributed by atoms with Gasteiger partial charge in [-0.1, -0.05) is 12.2 Å². The van der Waals surface area contributed by atoms with Crippen LogP contribution in [0.25, 0.3) is 0 Å². The molecule has 0 unspecified atom stereocenters. The van der Waals surface area contributed by atoms with Crippen LogP contribution < -0.4 is 0 Å². The smallest absolute Gasteiger partial charge is 0.0839 e. The largest absolute Gasteiger partial charge is 0.379 e. The van der Waals surface area contributed by atoms with Gasteiger partial charge in [0.2, 0.25) is 0 Å². The molecule has 132 valence electrons. The highest BCUT2D eigenvalue weighted by Gasteiger charge is 2.23. The number of pyridine rings is 1. The van der Waals surface area contributed by atoms with E-state index in [4.69, 9.17) is 17.0 Å². The van der Waals surface area contributed by atoms with E-state index >= 15 is 0 Å². The molecule has 4 nitrogen and oxygen atoms in total. The van der Waals surface area contributed by atoms with Crippen LogP contribution in [0.2, 0.25) is 0 Å². The molecule has 1 aromatic heterocycles. The topological polar surface area (TPSA) is 28.6 Å². The van der Waals surface area contributed by atoms with Crippen molar-refractivity contribution < 1.29 is 4.74 Å². The Bertz CT molecular complexity index is 543. The Labute approximate surface area is 151 Å². The fourth-order valence-corrected chi connectivity index (χ4v) is 4.13. The van der Waals surface area contributed by atoms with Crippen molar-refractivity contribution in [3.05, 3.63) is 29.1 Å². The molecule has 1 aromatic rings. The van der Waals surface area contributed by atoms with E-state index in [0.29, 0.717) is 0 Å². The van der Waals surface area contributed by atoms with E-state index in [-0.39, 0.29) is 0 Å². The van der Waals surface area contributed by atoms with Gasteiger partial charge in [0, 0.05) is 50.5 Å². The molecule has 0 radical (unpaired) electrons. The Hall–Kier alpha value is -1.04. The van der Waals surface area contributed by atoms with Gasteiger partial charge in [0.1, 0.15) is 0 Å². The van der Waals surface area contributed by atoms with Crippen molar-refractivity contribution in [2.75, 3.05) is 45.9 Å². The fraction of sp³-hybridized carbons (Fsp3) is 0.684. The van der Waals surface area contributed by atoms with Crippen molar-refractivity contribution in [2.45, 2.75) is 33.1 Å². The average molecular weight is 348 g/mol. The lowest BCUT2D eigenvalue weighted by Crippen LogP contribution is -2.44. The molecule has 0 atom stereocenters. The molecular weight excluding hydrogens is 318 g/mol. The molecule has 0 spiro atoms. The van der Waals surface area contributed by atoms with Gasteiger partial charge >= 0.3 is 0 Å². The normalized spacial score (nSPS) is 20.3. The lowest BCUT2D eigenvalue weighted by atomic mass is 9.95. The zero-order valence-electron chi connectivity index (χ0n) is 15.0. The van der Waals surface area contributed by atoms with E-state index in [1.807, 2.05) is 0 Å². The molecule has 0 aromatic carbocycles. The first kappa shape index (κ1) is 17.8. The summed E-state index contributed by atoms with van der Waals surface area (Å²) in [5, 5.41) is 0. The van der Waals surface area contributed by atoms with Crippen LogP contribution in [0.4, 0.5) is 0 Å². The molecule has 3 rings (SSSR count). The van der Waals surface area contributed by atoms with E-state index in [1.54, 1.807) is 0 Å². The second-order valence-corrected chi connectivity index (χ2v) is 7.66. The number of piperidine rings is 1. The third-order valence-corrected chi connectivity index (χ3v) is 5.47. The van der Waals surface area contributed by atoms with Gasteiger partial charge in [-0.3, -0.25) is 9.88 Å². The monoisotopic (exact) mass is 347 g/mol. The molecule has 0 saturated carbocycles. The number of thiocarbonyl (C=S) groups is 1. The summed E-state index contributed by atoms with van der Waals surface area (Å²) in [4.78, 5) is 10.6. The van der Waals surface area contributed by atoms with Crippen LogP contribution in [0.1, 0.15) is 29.8 Å². The Morgan fingerprint density at radius 2 is 1.88 bits per heavy atom. The van der Waals surface area contributed by atoms with Crippen molar-refractivity contribution >= 4 is 17.2 Å². The van der Waals surface area contributed by atoms with Crippen LogP contribution in [0.15, 0.2) is 12.1 Å². The molecule has 2 fully saturated rings. The second-order valence-electron chi connectivity index (χ2n) is 7.19. The summed E-state index contributed by atoms with van der Waals surface area (Å²) in [5.74, 6) is 0.807. The Kier molecular flexibility index (Phi) is 6.19. The van der Waals surface area contributed by atoms with E-state index in [2.05, 4.69) is 40.8 Å². The average Bonchev–Trinajstić information content (AvgIpc) is 2.55. The third-order valence-electron chi connectivity index (χ3n) is 5.07. The van der Waals surface area contributed by atoms with Crippen LogP contribution in [-0.4, -0.2) is 65.7 Å². The number of likely N-dealkylation sites (tertiary alicyclic amines) is 1. The molecule has 2 aliphatic rings. The van der Waals surface area contributed by atoms with Crippen molar-refractivity contribution in [2.24, 2.45) is 5.92 Å². The molecule has 0 bridgehead atoms. The van der Waals surface area contributed by atoms with Crippen LogP contribution in [0.3, 0.4) is 0 Å². The first-order chi connectivity index (χ1) is 11.6. The van der Waals surface area contributed by atoms with Gasteiger partial charge in [-0.05, 0) is 50.3 Å². The number of ether oxygens (including phenoxy) is 1. The molecule has 2 aliphatic heterocycles. The van der Waals surface area contributed by atoms with Gasteiger partial charge in [-0.2, -0.15) is 0 Å². The minimum Gasteiger partial charge on any atom is -0.379 e. The van der Waals surface area contributed by atoms with E-state index < -0.39 is 0 Å². The van der Waals surface area contributed by atoms with Crippen molar-refractivity contribution in [3.63, 3.8) is 0 Å². The van der Waals surface area contributed by atoms with Gasteiger partial charge in [0.25, 0.3) is 0 Å². The second kappa shape index (κ2) is 8.37. The minimum atomic E-state index is 0.798. The zero-order chi connectivity index (χ0) is 16.9. The maximum absolute atomic E-state index is 5.70. The first-order valence-electron chi connectivity index (χ1n) is 9.12. The highest BCUT2D eigenvalue weighted by atomic mass is 32.1. The van der Waals surface area contributed by atoms with Crippen molar-refractivity contribution in [1.82, 2.24) is 14.8 Å². The molecular formula is C19H29N3OS. The Morgan fingerprint density at radius 3 is 2.54 bits per heavy atom. The highest BCUT2D eigenvalue weighted by molar-refractivity contribution is 7.80. The first-order valence-corrected chi connectivity index (χ1v) is 9.53. The van der Waals surface area contributed by atoms with Gasteiger partial charge < -0.3 is 9.64 Å². The third kappa shape index (κ3) is 4.98. The van der Waals surface area contributed by atoms with Gasteiger partial charge in [-0.15, -0.1) is 0 Å². The summed E-state index contributed by atoms with van der Waals surface area (Å²) in [5.41, 5.74) is 3.45. The summed E-state index contributed by atoms with van der Waals surface area (Å²) < 4.78 is 5.44. The molecule has 2 saturated heterocycles. The predicted molar refractivity (Wildman–Crippen MR) is 102 cm³/mol. The molecule has 3 heterocycles. The lowest BCUT2D eigenvalue weighted by molar-refractivity contribution is 0.0266.